The number of nitrogens with two attached hydrogens (primary N) is 1. The SMILES string of the molecule is CCC(C)(C)c1ccc2nc(N)sc2c1. The maximum atomic E-state index is 5.69. The maximum absolute atomic E-state index is 5.69. The van der Waals surface area contributed by atoms with Crippen molar-refractivity contribution in [2.24, 2.45) is 0 Å². The third-order valence-corrected chi connectivity index (χ3v) is 3.92. The van der Waals surface area contributed by atoms with Gasteiger partial charge in [-0.2, -0.15) is 0 Å². The fourth-order valence-electron chi connectivity index (χ4n) is 1.57. The molecule has 1 aromatic carbocycles. The maximum Gasteiger partial charge on any atom is 0.181 e. The third kappa shape index (κ3) is 1.84. The standard InChI is InChI=1S/C12H16N2S/c1-4-12(2,3)8-5-6-9-10(7-8)15-11(13)14-9/h5-7H,4H2,1-3H3,(H2,13,14). The normalized spacial score (nSPS) is 12.2. The number of hydrogen-bond acceptors (Lipinski definition) is 3. The van der Waals surface area contributed by atoms with Crippen molar-refractivity contribution in [1.29, 1.82) is 0 Å². The van der Waals surface area contributed by atoms with Crippen LogP contribution in [0.15, 0.2) is 18.2 Å². The van der Waals surface area contributed by atoms with Gasteiger partial charge in [0.15, 0.2) is 5.13 Å². The second-order valence-corrected chi connectivity index (χ2v) is 5.53. The van der Waals surface area contributed by atoms with Crippen molar-refractivity contribution in [2.45, 2.75) is 32.6 Å². The number of rotatable bonds is 2. The van der Waals surface area contributed by atoms with Gasteiger partial charge in [-0.3, -0.25) is 0 Å². The minimum atomic E-state index is 0.229. The Morgan fingerprint density at radius 1 is 1.40 bits per heavy atom. The van der Waals surface area contributed by atoms with Crippen LogP contribution in [0.5, 0.6) is 0 Å². The zero-order valence-corrected chi connectivity index (χ0v) is 10.2. The molecule has 3 heteroatoms. The summed E-state index contributed by atoms with van der Waals surface area (Å²) in [5.41, 5.74) is 8.29. The molecule has 0 bridgehead atoms. The molecular weight excluding hydrogens is 204 g/mol. The Morgan fingerprint density at radius 2 is 2.13 bits per heavy atom. The molecule has 0 aliphatic carbocycles. The zero-order valence-electron chi connectivity index (χ0n) is 9.37. The molecular formula is C12H16N2S. The summed E-state index contributed by atoms with van der Waals surface area (Å²) >= 11 is 1.56. The van der Waals surface area contributed by atoms with E-state index >= 15 is 0 Å². The molecule has 0 fully saturated rings. The average Bonchev–Trinajstić information content (AvgIpc) is 2.56. The second kappa shape index (κ2) is 3.49. The Kier molecular flexibility index (Phi) is 2.43. The monoisotopic (exact) mass is 220 g/mol. The number of thiazole rings is 1. The summed E-state index contributed by atoms with van der Waals surface area (Å²) in [6.45, 7) is 6.74. The molecule has 2 nitrogen and oxygen atoms in total. The fraction of sp³-hybridized carbons (Fsp3) is 0.417. The Labute approximate surface area is 94.1 Å². The molecule has 0 amide bonds. The average molecular weight is 220 g/mol. The van der Waals surface area contributed by atoms with E-state index < -0.39 is 0 Å². The molecule has 0 saturated heterocycles. The number of anilines is 1. The number of hydrogen-bond donors (Lipinski definition) is 1. The van der Waals surface area contributed by atoms with Crippen molar-refractivity contribution in [2.75, 3.05) is 5.73 Å². The van der Waals surface area contributed by atoms with E-state index in [9.17, 15) is 0 Å². The van der Waals surface area contributed by atoms with Crippen molar-refractivity contribution in [1.82, 2.24) is 4.98 Å². The Morgan fingerprint density at radius 3 is 2.80 bits per heavy atom. The van der Waals surface area contributed by atoms with Gasteiger partial charge in [0.05, 0.1) is 10.2 Å². The van der Waals surface area contributed by atoms with E-state index in [1.165, 1.54) is 10.3 Å². The van der Waals surface area contributed by atoms with Crippen molar-refractivity contribution in [3.63, 3.8) is 0 Å². The van der Waals surface area contributed by atoms with Gasteiger partial charge in [0.1, 0.15) is 0 Å². The lowest BCUT2D eigenvalue weighted by atomic mass is 9.82. The van der Waals surface area contributed by atoms with Crippen LogP contribution in [0.1, 0.15) is 32.8 Å². The van der Waals surface area contributed by atoms with Crippen LogP contribution in [-0.2, 0) is 5.41 Å². The molecule has 80 valence electrons. The Balaban J connectivity index is 2.55. The highest BCUT2D eigenvalue weighted by atomic mass is 32.1. The first-order valence-electron chi connectivity index (χ1n) is 5.19. The first kappa shape index (κ1) is 10.4. The Hall–Kier alpha value is -1.09. The van der Waals surface area contributed by atoms with Crippen LogP contribution >= 0.6 is 11.3 Å². The van der Waals surface area contributed by atoms with Crippen LogP contribution < -0.4 is 5.73 Å². The third-order valence-electron chi connectivity index (χ3n) is 3.07. The van der Waals surface area contributed by atoms with Crippen molar-refractivity contribution in [3.8, 4) is 0 Å². The van der Waals surface area contributed by atoms with Gasteiger partial charge < -0.3 is 5.73 Å². The fourth-order valence-corrected chi connectivity index (χ4v) is 2.34. The highest BCUT2D eigenvalue weighted by molar-refractivity contribution is 7.22. The van der Waals surface area contributed by atoms with Gasteiger partial charge in [-0.25, -0.2) is 4.98 Å². The molecule has 1 heterocycles. The van der Waals surface area contributed by atoms with Crippen LogP contribution in [0.4, 0.5) is 5.13 Å². The molecule has 0 atom stereocenters. The van der Waals surface area contributed by atoms with Gasteiger partial charge in [-0.1, -0.05) is 38.2 Å². The predicted molar refractivity (Wildman–Crippen MR) is 67.3 cm³/mol. The number of nitrogen functional groups attached to an aromatic ring is 1. The van der Waals surface area contributed by atoms with Crippen molar-refractivity contribution >= 4 is 26.7 Å². The Bertz CT molecular complexity index is 485. The molecule has 15 heavy (non-hydrogen) atoms. The minimum absolute atomic E-state index is 0.229. The van der Waals surface area contributed by atoms with Crippen LogP contribution in [0.3, 0.4) is 0 Å². The lowest BCUT2D eigenvalue weighted by Crippen LogP contribution is -2.14. The number of nitrogens with zero attached hydrogens (tertiary/aromatic N) is 1. The van der Waals surface area contributed by atoms with E-state index in [0.717, 1.165) is 11.9 Å². The molecule has 0 unspecified atom stereocenters. The van der Waals surface area contributed by atoms with E-state index in [2.05, 4.69) is 44.0 Å². The molecule has 1 aromatic heterocycles. The van der Waals surface area contributed by atoms with E-state index in [-0.39, 0.29) is 5.41 Å². The van der Waals surface area contributed by atoms with Gasteiger partial charge >= 0.3 is 0 Å². The topological polar surface area (TPSA) is 38.9 Å². The van der Waals surface area contributed by atoms with Gasteiger partial charge in [-0.05, 0) is 29.5 Å². The van der Waals surface area contributed by atoms with Crippen molar-refractivity contribution < 1.29 is 0 Å². The minimum Gasteiger partial charge on any atom is -0.375 e. The number of aromatic nitrogens is 1. The summed E-state index contributed by atoms with van der Waals surface area (Å²) in [5, 5.41) is 0.649. The van der Waals surface area contributed by atoms with Crippen LogP contribution in [-0.4, -0.2) is 4.98 Å². The summed E-state index contributed by atoms with van der Waals surface area (Å²) in [4.78, 5) is 4.26. The van der Waals surface area contributed by atoms with Gasteiger partial charge in [-0.15, -0.1) is 0 Å². The summed E-state index contributed by atoms with van der Waals surface area (Å²) in [7, 11) is 0. The first-order valence-corrected chi connectivity index (χ1v) is 6.01. The van der Waals surface area contributed by atoms with Gasteiger partial charge in [0.2, 0.25) is 0 Å². The van der Waals surface area contributed by atoms with Crippen LogP contribution in [0.25, 0.3) is 10.2 Å². The van der Waals surface area contributed by atoms with E-state index in [0.29, 0.717) is 5.13 Å². The summed E-state index contributed by atoms with van der Waals surface area (Å²) < 4.78 is 1.19. The molecule has 0 aliphatic heterocycles. The first-order chi connectivity index (χ1) is 7.03. The van der Waals surface area contributed by atoms with Gasteiger partial charge in [0.25, 0.3) is 0 Å². The molecule has 2 rings (SSSR count). The largest absolute Gasteiger partial charge is 0.375 e. The van der Waals surface area contributed by atoms with Gasteiger partial charge in [0, 0.05) is 0 Å². The van der Waals surface area contributed by atoms with Crippen LogP contribution in [0.2, 0.25) is 0 Å². The van der Waals surface area contributed by atoms with E-state index in [4.69, 9.17) is 5.73 Å². The summed E-state index contributed by atoms with van der Waals surface area (Å²) in [6.07, 6.45) is 1.13. The molecule has 0 aliphatic rings. The molecule has 0 saturated carbocycles. The quantitative estimate of drug-likeness (QED) is 0.840. The summed E-state index contributed by atoms with van der Waals surface area (Å²) in [5.74, 6) is 0. The van der Waals surface area contributed by atoms with Crippen molar-refractivity contribution in [3.05, 3.63) is 23.8 Å². The van der Waals surface area contributed by atoms with E-state index in [1.54, 1.807) is 11.3 Å². The highest BCUT2D eigenvalue weighted by Gasteiger charge is 2.18. The number of benzene rings is 1. The highest BCUT2D eigenvalue weighted by Crippen LogP contribution is 2.31. The lowest BCUT2D eigenvalue weighted by Gasteiger charge is -2.23. The smallest absolute Gasteiger partial charge is 0.181 e. The number of fused-ring (bicyclic) bond motifs is 1. The van der Waals surface area contributed by atoms with E-state index in [1.807, 2.05) is 0 Å². The predicted octanol–water partition coefficient (Wildman–Crippen LogP) is 3.57. The molecule has 0 spiro atoms. The van der Waals surface area contributed by atoms with Crippen LogP contribution in [0, 0.1) is 0 Å². The zero-order chi connectivity index (χ0) is 11.1. The lowest BCUT2D eigenvalue weighted by molar-refractivity contribution is 0.507. The summed E-state index contributed by atoms with van der Waals surface area (Å²) in [6, 6.07) is 6.44. The molecule has 2 N–H and O–H groups in total. The molecule has 2 aromatic rings. The molecule has 0 radical (unpaired) electrons. The second-order valence-electron chi connectivity index (χ2n) is 4.47.